The predicted molar refractivity (Wildman–Crippen MR) is 74.5 cm³/mol. The van der Waals surface area contributed by atoms with Crippen molar-refractivity contribution in [2.45, 2.75) is 23.8 Å². The lowest BCUT2D eigenvalue weighted by molar-refractivity contribution is 0.318. The number of amidine groups is 1. The van der Waals surface area contributed by atoms with Crippen molar-refractivity contribution in [2.24, 2.45) is 10.9 Å². The van der Waals surface area contributed by atoms with Gasteiger partial charge in [0, 0.05) is 4.90 Å². The van der Waals surface area contributed by atoms with Crippen molar-refractivity contribution in [1.82, 2.24) is 10.2 Å². The number of nitrogens with zero attached hydrogens (tertiary/aromatic N) is 3. The molecule has 0 aliphatic heterocycles. The average molecular weight is 292 g/mol. The van der Waals surface area contributed by atoms with Gasteiger partial charge in [0.1, 0.15) is 10.8 Å². The molecular weight excluding hydrogens is 279 g/mol. The van der Waals surface area contributed by atoms with Crippen LogP contribution in [0.2, 0.25) is 0 Å². The summed E-state index contributed by atoms with van der Waals surface area (Å²) in [5.41, 5.74) is 7.56. The Balaban J connectivity index is 2.53. The van der Waals surface area contributed by atoms with Crippen LogP contribution >= 0.6 is 11.8 Å². The topological polar surface area (TPSA) is 84.4 Å². The Hall–Kier alpha value is -2.15. The van der Waals surface area contributed by atoms with Crippen molar-refractivity contribution >= 4 is 17.6 Å². The van der Waals surface area contributed by atoms with E-state index in [9.17, 15) is 4.39 Å². The Morgan fingerprint density at radius 1 is 1.30 bits per heavy atom. The van der Waals surface area contributed by atoms with Crippen LogP contribution in [-0.4, -0.2) is 21.2 Å². The molecule has 20 heavy (non-hydrogen) atoms. The second-order valence-electron chi connectivity index (χ2n) is 4.11. The number of hydrogen-bond donors (Lipinski definition) is 2. The molecule has 2 aromatic rings. The first-order valence-corrected chi connectivity index (χ1v) is 6.60. The molecule has 104 valence electrons. The maximum atomic E-state index is 13.7. The second kappa shape index (κ2) is 5.87. The molecule has 1 aromatic heterocycles. The van der Waals surface area contributed by atoms with E-state index < -0.39 is 0 Å². The van der Waals surface area contributed by atoms with Crippen LogP contribution in [-0.2, 0) is 0 Å². The molecule has 7 heteroatoms. The molecule has 0 aliphatic carbocycles. The van der Waals surface area contributed by atoms with Gasteiger partial charge in [0.05, 0.1) is 11.3 Å². The standard InChI is InChI=1S/C13H13FN4OS/c1-7-8(2)16-17-13(11(7)12(15)18-19)20-10-6-4-3-5-9(10)14/h3-6,19H,1-2H3,(H2,15,18). The van der Waals surface area contributed by atoms with Crippen LogP contribution in [0, 0.1) is 19.7 Å². The lowest BCUT2D eigenvalue weighted by atomic mass is 10.1. The van der Waals surface area contributed by atoms with Gasteiger partial charge in [-0.3, -0.25) is 0 Å². The zero-order chi connectivity index (χ0) is 14.7. The highest BCUT2D eigenvalue weighted by Gasteiger charge is 2.17. The zero-order valence-electron chi connectivity index (χ0n) is 11.0. The normalized spacial score (nSPS) is 11.7. The van der Waals surface area contributed by atoms with E-state index in [4.69, 9.17) is 10.9 Å². The molecule has 0 saturated heterocycles. The van der Waals surface area contributed by atoms with E-state index in [1.54, 1.807) is 32.0 Å². The summed E-state index contributed by atoms with van der Waals surface area (Å²) in [6.45, 7) is 3.57. The fourth-order valence-corrected chi connectivity index (χ4v) is 2.60. The largest absolute Gasteiger partial charge is 0.409 e. The fraction of sp³-hybridized carbons (Fsp3) is 0.154. The number of rotatable bonds is 3. The van der Waals surface area contributed by atoms with E-state index in [0.29, 0.717) is 21.2 Å². The van der Waals surface area contributed by atoms with E-state index in [-0.39, 0.29) is 11.7 Å². The summed E-state index contributed by atoms with van der Waals surface area (Å²) in [7, 11) is 0. The van der Waals surface area contributed by atoms with Crippen LogP contribution in [0.3, 0.4) is 0 Å². The van der Waals surface area contributed by atoms with Gasteiger partial charge >= 0.3 is 0 Å². The summed E-state index contributed by atoms with van der Waals surface area (Å²) < 4.78 is 13.7. The highest BCUT2D eigenvalue weighted by Crippen LogP contribution is 2.31. The van der Waals surface area contributed by atoms with Crippen LogP contribution in [0.4, 0.5) is 4.39 Å². The van der Waals surface area contributed by atoms with Gasteiger partial charge in [0.2, 0.25) is 0 Å². The van der Waals surface area contributed by atoms with Crippen LogP contribution in [0.25, 0.3) is 0 Å². The van der Waals surface area contributed by atoms with E-state index in [0.717, 1.165) is 17.3 Å². The summed E-state index contributed by atoms with van der Waals surface area (Å²) in [6.07, 6.45) is 0. The van der Waals surface area contributed by atoms with Gasteiger partial charge in [0.15, 0.2) is 5.84 Å². The highest BCUT2D eigenvalue weighted by atomic mass is 32.2. The summed E-state index contributed by atoms with van der Waals surface area (Å²) in [5, 5.41) is 20.3. The lowest BCUT2D eigenvalue weighted by Crippen LogP contribution is -2.18. The van der Waals surface area contributed by atoms with E-state index in [2.05, 4.69) is 15.4 Å². The predicted octanol–water partition coefficient (Wildman–Crippen LogP) is 2.48. The Bertz CT molecular complexity index is 675. The smallest absolute Gasteiger partial charge is 0.173 e. The van der Waals surface area contributed by atoms with Crippen LogP contribution in [0.1, 0.15) is 16.8 Å². The lowest BCUT2D eigenvalue weighted by Gasteiger charge is -2.11. The number of hydrogen-bond acceptors (Lipinski definition) is 5. The first kappa shape index (κ1) is 14.3. The molecule has 0 atom stereocenters. The third-order valence-electron chi connectivity index (χ3n) is 2.83. The van der Waals surface area contributed by atoms with Crippen molar-refractivity contribution in [2.75, 3.05) is 0 Å². The number of aryl methyl sites for hydroxylation is 1. The molecular formula is C13H13FN4OS. The molecule has 0 fully saturated rings. The van der Waals surface area contributed by atoms with Gasteiger partial charge in [-0.1, -0.05) is 29.1 Å². The van der Waals surface area contributed by atoms with Crippen molar-refractivity contribution in [3.63, 3.8) is 0 Å². The van der Waals surface area contributed by atoms with Crippen LogP contribution in [0.15, 0.2) is 39.3 Å². The van der Waals surface area contributed by atoms with Crippen LogP contribution < -0.4 is 5.73 Å². The minimum Gasteiger partial charge on any atom is -0.409 e. The minimum absolute atomic E-state index is 0.0701. The number of nitrogens with two attached hydrogens (primary N) is 1. The molecule has 1 heterocycles. The Morgan fingerprint density at radius 2 is 2.00 bits per heavy atom. The quantitative estimate of drug-likeness (QED) is 0.393. The van der Waals surface area contributed by atoms with E-state index in [1.807, 2.05) is 0 Å². The minimum atomic E-state index is -0.358. The molecule has 0 aliphatic rings. The molecule has 2 rings (SSSR count). The SMILES string of the molecule is Cc1nnc(Sc2ccccc2F)c(/C(N)=N/O)c1C. The van der Waals surface area contributed by atoms with Gasteiger partial charge < -0.3 is 10.9 Å². The van der Waals surface area contributed by atoms with Crippen molar-refractivity contribution in [3.8, 4) is 0 Å². The van der Waals surface area contributed by atoms with Gasteiger partial charge in [0.25, 0.3) is 0 Å². The number of aromatic nitrogens is 2. The summed E-state index contributed by atoms with van der Waals surface area (Å²) >= 11 is 1.09. The summed E-state index contributed by atoms with van der Waals surface area (Å²) in [5.74, 6) is -0.428. The first-order chi connectivity index (χ1) is 9.54. The maximum absolute atomic E-state index is 13.7. The molecule has 3 N–H and O–H groups in total. The molecule has 0 unspecified atom stereocenters. The molecule has 0 bridgehead atoms. The fourth-order valence-electron chi connectivity index (χ4n) is 1.64. The monoisotopic (exact) mass is 292 g/mol. The Kier molecular flexibility index (Phi) is 4.19. The first-order valence-electron chi connectivity index (χ1n) is 5.78. The molecule has 0 spiro atoms. The van der Waals surface area contributed by atoms with E-state index >= 15 is 0 Å². The van der Waals surface area contributed by atoms with Crippen molar-refractivity contribution < 1.29 is 9.60 Å². The number of oxime groups is 1. The molecule has 0 saturated carbocycles. The Labute approximate surface area is 119 Å². The summed E-state index contributed by atoms with van der Waals surface area (Å²) in [6, 6.07) is 6.33. The molecule has 0 radical (unpaired) electrons. The van der Waals surface area contributed by atoms with Crippen molar-refractivity contribution in [3.05, 3.63) is 46.9 Å². The van der Waals surface area contributed by atoms with E-state index in [1.165, 1.54) is 6.07 Å². The molecule has 5 nitrogen and oxygen atoms in total. The maximum Gasteiger partial charge on any atom is 0.173 e. The van der Waals surface area contributed by atoms with Gasteiger partial charge in [-0.05, 0) is 31.5 Å². The van der Waals surface area contributed by atoms with Gasteiger partial charge in [-0.25, -0.2) is 4.39 Å². The Morgan fingerprint density at radius 3 is 2.65 bits per heavy atom. The van der Waals surface area contributed by atoms with Crippen molar-refractivity contribution in [1.29, 1.82) is 0 Å². The summed E-state index contributed by atoms with van der Waals surface area (Å²) in [4.78, 5) is 0.400. The van der Waals surface area contributed by atoms with Crippen LogP contribution in [0.5, 0.6) is 0 Å². The second-order valence-corrected chi connectivity index (χ2v) is 5.14. The van der Waals surface area contributed by atoms with Gasteiger partial charge in [-0.2, -0.15) is 5.10 Å². The number of halogens is 1. The third-order valence-corrected chi connectivity index (χ3v) is 3.86. The zero-order valence-corrected chi connectivity index (χ0v) is 11.8. The molecule has 0 amide bonds. The van der Waals surface area contributed by atoms with Gasteiger partial charge in [-0.15, -0.1) is 5.10 Å². The number of benzene rings is 1. The molecule has 1 aromatic carbocycles. The highest BCUT2D eigenvalue weighted by molar-refractivity contribution is 7.99. The third kappa shape index (κ3) is 2.72. The average Bonchev–Trinajstić information content (AvgIpc) is 2.45.